The predicted octanol–water partition coefficient (Wildman–Crippen LogP) is 4.14. The molecule has 0 aromatic heterocycles. The summed E-state index contributed by atoms with van der Waals surface area (Å²) in [4.78, 5) is 23.5. The van der Waals surface area contributed by atoms with Gasteiger partial charge in [0, 0.05) is 5.02 Å². The van der Waals surface area contributed by atoms with Crippen molar-refractivity contribution in [2.45, 2.75) is 27.2 Å². The fraction of sp³-hybridized carbons (Fsp3) is 0.238. The molecule has 0 aliphatic carbocycles. The van der Waals surface area contributed by atoms with Crippen molar-refractivity contribution < 1.29 is 19.4 Å². The molecule has 0 atom stereocenters. The van der Waals surface area contributed by atoms with Gasteiger partial charge in [0.15, 0.2) is 6.61 Å². The highest BCUT2D eigenvalue weighted by Crippen LogP contribution is 2.25. The lowest BCUT2D eigenvalue weighted by Crippen LogP contribution is -2.31. The van der Waals surface area contributed by atoms with Crippen molar-refractivity contribution in [2.24, 2.45) is 0 Å². The van der Waals surface area contributed by atoms with Gasteiger partial charge in [0.05, 0.1) is 0 Å². The van der Waals surface area contributed by atoms with Crippen LogP contribution in [0.1, 0.15) is 29.2 Å². The first-order chi connectivity index (χ1) is 12.8. The number of benzene rings is 2. The van der Waals surface area contributed by atoms with E-state index >= 15 is 0 Å². The van der Waals surface area contributed by atoms with Crippen LogP contribution in [0, 0.1) is 13.8 Å². The molecule has 0 spiro atoms. The largest absolute Gasteiger partial charge is 0.484 e. The summed E-state index contributed by atoms with van der Waals surface area (Å²) in [6.07, 6.45) is 2.31. The number of nitrogens with one attached hydrogen (secondary N) is 1. The van der Waals surface area contributed by atoms with Crippen LogP contribution >= 0.6 is 11.6 Å². The van der Waals surface area contributed by atoms with E-state index in [2.05, 4.69) is 5.32 Å². The van der Waals surface area contributed by atoms with Gasteiger partial charge in [-0.2, -0.15) is 0 Å². The smallest absolute Gasteiger partial charge is 0.352 e. The number of halogens is 1. The Bertz CT molecular complexity index is 849. The molecule has 2 aromatic rings. The number of hydrogen-bond acceptors (Lipinski definition) is 3. The summed E-state index contributed by atoms with van der Waals surface area (Å²) in [5.74, 6) is -1.28. The highest BCUT2D eigenvalue weighted by molar-refractivity contribution is 6.32. The Balaban J connectivity index is 2.04. The van der Waals surface area contributed by atoms with Gasteiger partial charge in [-0.05, 0) is 60.7 Å². The molecule has 0 radical (unpaired) electrons. The van der Waals surface area contributed by atoms with Gasteiger partial charge in [-0.15, -0.1) is 0 Å². The van der Waals surface area contributed by atoms with Crippen LogP contribution in [-0.4, -0.2) is 23.6 Å². The highest BCUT2D eigenvalue weighted by atomic mass is 35.5. The number of rotatable bonds is 7. The molecule has 0 bridgehead atoms. The molecule has 0 fully saturated rings. The number of amides is 1. The zero-order valence-electron chi connectivity index (χ0n) is 15.5. The average molecular weight is 388 g/mol. The van der Waals surface area contributed by atoms with Gasteiger partial charge >= 0.3 is 5.97 Å². The quantitative estimate of drug-likeness (QED) is 0.700. The molecule has 0 heterocycles. The zero-order valence-corrected chi connectivity index (χ0v) is 16.3. The summed E-state index contributed by atoms with van der Waals surface area (Å²) in [5, 5.41) is 12.4. The number of aryl methyl sites for hydroxylation is 3. The molecule has 2 N–H and O–H groups in total. The van der Waals surface area contributed by atoms with E-state index in [1.54, 1.807) is 12.1 Å². The fourth-order valence-electron chi connectivity index (χ4n) is 2.49. The van der Waals surface area contributed by atoms with Crippen molar-refractivity contribution in [3.05, 3.63) is 69.4 Å². The minimum atomic E-state index is -1.22. The van der Waals surface area contributed by atoms with Crippen LogP contribution in [0.3, 0.4) is 0 Å². The van der Waals surface area contributed by atoms with E-state index in [0.717, 1.165) is 23.1 Å². The van der Waals surface area contributed by atoms with Crippen molar-refractivity contribution >= 4 is 29.6 Å². The number of ether oxygens (including phenoxy) is 1. The van der Waals surface area contributed by atoms with Crippen LogP contribution in [-0.2, 0) is 16.0 Å². The number of hydrogen-bond donors (Lipinski definition) is 2. The highest BCUT2D eigenvalue weighted by Gasteiger charge is 2.13. The second-order valence-electron chi connectivity index (χ2n) is 6.17. The molecule has 0 unspecified atom stereocenters. The van der Waals surface area contributed by atoms with Crippen LogP contribution in [0.2, 0.25) is 5.02 Å². The van der Waals surface area contributed by atoms with Gasteiger partial charge in [0.1, 0.15) is 11.4 Å². The Labute approximate surface area is 163 Å². The Kier molecular flexibility index (Phi) is 7.02. The number of aliphatic carboxylic acids is 1. The third-order valence-electron chi connectivity index (χ3n) is 3.98. The van der Waals surface area contributed by atoms with Crippen molar-refractivity contribution in [1.29, 1.82) is 0 Å². The van der Waals surface area contributed by atoms with Crippen molar-refractivity contribution in [1.82, 2.24) is 5.32 Å². The first kappa shape index (κ1) is 20.5. The monoisotopic (exact) mass is 387 g/mol. The van der Waals surface area contributed by atoms with Gasteiger partial charge < -0.3 is 15.2 Å². The Morgan fingerprint density at radius 3 is 2.26 bits per heavy atom. The van der Waals surface area contributed by atoms with E-state index in [1.165, 1.54) is 6.08 Å². The molecule has 0 aliphatic rings. The van der Waals surface area contributed by atoms with Crippen LogP contribution in [0.25, 0.3) is 6.08 Å². The Morgan fingerprint density at radius 2 is 1.74 bits per heavy atom. The van der Waals surface area contributed by atoms with Gasteiger partial charge in [-0.3, -0.25) is 4.79 Å². The summed E-state index contributed by atoms with van der Waals surface area (Å²) < 4.78 is 5.45. The van der Waals surface area contributed by atoms with Crippen molar-refractivity contribution in [2.75, 3.05) is 6.61 Å². The predicted molar refractivity (Wildman–Crippen MR) is 106 cm³/mol. The van der Waals surface area contributed by atoms with Crippen LogP contribution in [0.4, 0.5) is 0 Å². The molecule has 27 heavy (non-hydrogen) atoms. The maximum atomic E-state index is 12.1. The molecular formula is C21H22ClNO4. The normalized spacial score (nSPS) is 11.2. The SMILES string of the molecule is CCc1ccc(/C=C(/NC(=O)COc2cc(C)c(Cl)c(C)c2)C(=O)O)cc1. The van der Waals surface area contributed by atoms with E-state index in [4.69, 9.17) is 16.3 Å². The average Bonchev–Trinajstić information content (AvgIpc) is 2.64. The van der Waals surface area contributed by atoms with Gasteiger partial charge in [-0.1, -0.05) is 42.8 Å². The lowest BCUT2D eigenvalue weighted by molar-refractivity contribution is -0.134. The minimum absolute atomic E-state index is 0.212. The second kappa shape index (κ2) is 9.24. The van der Waals surface area contributed by atoms with E-state index in [1.807, 2.05) is 45.0 Å². The Hall–Kier alpha value is -2.79. The van der Waals surface area contributed by atoms with E-state index in [-0.39, 0.29) is 12.3 Å². The third-order valence-corrected chi connectivity index (χ3v) is 4.58. The molecule has 2 rings (SSSR count). The number of carbonyl (C=O) groups excluding carboxylic acids is 1. The van der Waals surface area contributed by atoms with Crippen molar-refractivity contribution in [3.63, 3.8) is 0 Å². The molecule has 0 saturated carbocycles. The standard InChI is InChI=1S/C21H22ClNO4/c1-4-15-5-7-16(8-6-15)11-18(21(25)26)23-19(24)12-27-17-9-13(2)20(22)14(3)10-17/h5-11H,4,12H2,1-3H3,(H,23,24)(H,25,26)/b18-11+. The maximum absolute atomic E-state index is 12.1. The molecule has 142 valence electrons. The van der Waals surface area contributed by atoms with Crippen LogP contribution in [0.15, 0.2) is 42.1 Å². The summed E-state index contributed by atoms with van der Waals surface area (Å²) in [5.41, 5.74) is 3.31. The minimum Gasteiger partial charge on any atom is -0.484 e. The zero-order chi connectivity index (χ0) is 20.0. The molecular weight excluding hydrogens is 366 g/mol. The molecule has 0 saturated heterocycles. The fourth-order valence-corrected chi connectivity index (χ4v) is 2.60. The molecule has 2 aromatic carbocycles. The number of carboxylic acid groups (broad SMARTS) is 1. The summed E-state index contributed by atoms with van der Waals surface area (Å²) in [7, 11) is 0. The van der Waals surface area contributed by atoms with Gasteiger partial charge in [0.25, 0.3) is 5.91 Å². The van der Waals surface area contributed by atoms with E-state index < -0.39 is 11.9 Å². The maximum Gasteiger partial charge on any atom is 0.352 e. The van der Waals surface area contributed by atoms with Gasteiger partial charge in [-0.25, -0.2) is 4.79 Å². The first-order valence-corrected chi connectivity index (χ1v) is 8.91. The summed E-state index contributed by atoms with van der Waals surface area (Å²) >= 11 is 6.10. The molecule has 6 heteroatoms. The lowest BCUT2D eigenvalue weighted by atomic mass is 10.1. The molecule has 5 nitrogen and oxygen atoms in total. The topological polar surface area (TPSA) is 75.6 Å². The van der Waals surface area contributed by atoms with E-state index in [9.17, 15) is 14.7 Å². The summed E-state index contributed by atoms with van der Waals surface area (Å²) in [6.45, 7) is 5.42. The van der Waals surface area contributed by atoms with Crippen molar-refractivity contribution in [3.8, 4) is 5.75 Å². The van der Waals surface area contributed by atoms with Crippen LogP contribution in [0.5, 0.6) is 5.75 Å². The van der Waals surface area contributed by atoms with Gasteiger partial charge in [0.2, 0.25) is 0 Å². The number of carbonyl (C=O) groups is 2. The van der Waals surface area contributed by atoms with E-state index in [0.29, 0.717) is 16.3 Å². The lowest BCUT2D eigenvalue weighted by Gasteiger charge is -2.11. The van der Waals surface area contributed by atoms with Crippen LogP contribution < -0.4 is 10.1 Å². The first-order valence-electron chi connectivity index (χ1n) is 8.53. The second-order valence-corrected chi connectivity index (χ2v) is 6.54. The Morgan fingerprint density at radius 1 is 1.15 bits per heavy atom. The third kappa shape index (κ3) is 5.86. The number of carboxylic acids is 1. The molecule has 0 aliphatic heterocycles. The molecule has 1 amide bonds. The summed E-state index contributed by atoms with van der Waals surface area (Å²) in [6, 6.07) is 10.9.